The molecule has 2 aromatic carbocycles. The monoisotopic (exact) mass is 436 g/mol. The number of carbonyl (C=O) groups excluding carboxylic acids is 1. The number of aryl methyl sites for hydroxylation is 2. The van der Waals surface area contributed by atoms with E-state index in [2.05, 4.69) is 52.1 Å². The molecular weight excluding hydrogens is 408 g/mol. The van der Waals surface area contributed by atoms with E-state index in [1.54, 1.807) is 0 Å². The topological polar surface area (TPSA) is 69.0 Å². The maximum atomic E-state index is 12.5. The first-order valence-corrected chi connectivity index (χ1v) is 11.6. The van der Waals surface area contributed by atoms with Crippen LogP contribution in [0.5, 0.6) is 0 Å². The molecule has 162 valence electrons. The Morgan fingerprint density at radius 2 is 2.03 bits per heavy atom. The van der Waals surface area contributed by atoms with E-state index in [1.165, 1.54) is 22.9 Å². The van der Waals surface area contributed by atoms with Gasteiger partial charge >= 0.3 is 0 Å². The molecule has 1 saturated heterocycles. The molecule has 1 fully saturated rings. The summed E-state index contributed by atoms with van der Waals surface area (Å²) in [5.41, 5.74) is 4.25. The van der Waals surface area contributed by atoms with Crippen LogP contribution in [0.1, 0.15) is 40.2 Å². The number of hydrogen-bond acceptors (Lipinski definition) is 6. The summed E-state index contributed by atoms with van der Waals surface area (Å²) < 4.78 is 7.96. The molecule has 0 aliphatic carbocycles. The Hall–Kier alpha value is -2.64. The van der Waals surface area contributed by atoms with Gasteiger partial charge in [-0.25, -0.2) is 0 Å². The van der Waals surface area contributed by atoms with Gasteiger partial charge in [-0.15, -0.1) is 10.2 Å². The number of aromatic nitrogens is 3. The van der Waals surface area contributed by atoms with Gasteiger partial charge in [0.15, 0.2) is 16.8 Å². The number of Topliss-reactive ketones (excluding diaryl/α,β-unsaturated/α-hetero) is 1. The van der Waals surface area contributed by atoms with Crippen molar-refractivity contribution in [2.24, 2.45) is 0 Å². The van der Waals surface area contributed by atoms with E-state index >= 15 is 0 Å². The lowest BCUT2D eigenvalue weighted by Crippen LogP contribution is -2.19. The number of ketones is 1. The minimum atomic E-state index is 0.0900. The number of ether oxygens (including phenoxy) is 1. The summed E-state index contributed by atoms with van der Waals surface area (Å²) >= 11 is 1.44. The number of benzene rings is 2. The zero-order valence-electron chi connectivity index (χ0n) is 18.0. The zero-order valence-corrected chi connectivity index (χ0v) is 18.8. The first kappa shape index (κ1) is 21.6. The Morgan fingerprint density at radius 3 is 2.77 bits per heavy atom. The molecule has 0 bridgehead atoms. The van der Waals surface area contributed by atoms with Gasteiger partial charge in [-0.3, -0.25) is 4.79 Å². The molecule has 4 rings (SSSR count). The number of thioether (sulfide) groups is 1. The van der Waals surface area contributed by atoms with Gasteiger partial charge in [-0.2, -0.15) is 0 Å². The minimum Gasteiger partial charge on any atom is -0.378 e. The number of hydrogen-bond donors (Lipinski definition) is 1. The van der Waals surface area contributed by atoms with Crippen molar-refractivity contribution in [3.8, 4) is 0 Å². The number of anilines is 1. The smallest absolute Gasteiger partial charge is 0.191 e. The van der Waals surface area contributed by atoms with Crippen LogP contribution in [0.25, 0.3) is 0 Å². The summed E-state index contributed by atoms with van der Waals surface area (Å²) in [5.74, 6) is 1.27. The number of rotatable bonds is 9. The summed E-state index contributed by atoms with van der Waals surface area (Å²) in [4.78, 5) is 12.5. The summed E-state index contributed by atoms with van der Waals surface area (Å²) in [5, 5.41) is 13.1. The quantitative estimate of drug-likeness (QED) is 0.389. The highest BCUT2D eigenvalue weighted by molar-refractivity contribution is 7.99. The standard InChI is InChI=1S/C24H28N4O2S/c1-17-10-11-21(18(2)13-17)25-14-23-26-27-24(28(23)15-20-9-6-12-30-20)31-16-22(29)19-7-4-3-5-8-19/h3-5,7-8,10-11,13,20,25H,6,9,12,14-16H2,1-2H3. The van der Waals surface area contributed by atoms with Crippen molar-refractivity contribution in [2.75, 3.05) is 17.7 Å². The molecule has 31 heavy (non-hydrogen) atoms. The van der Waals surface area contributed by atoms with Gasteiger partial charge in [-0.05, 0) is 38.3 Å². The second-order valence-corrected chi connectivity index (χ2v) is 8.84. The van der Waals surface area contributed by atoms with Crippen molar-refractivity contribution >= 4 is 23.2 Å². The third-order valence-corrected chi connectivity index (χ3v) is 6.42. The van der Waals surface area contributed by atoms with Crippen LogP contribution in [-0.2, 0) is 17.8 Å². The number of nitrogens with one attached hydrogen (secondary N) is 1. The summed E-state index contributed by atoms with van der Waals surface area (Å²) in [6, 6.07) is 15.7. The van der Waals surface area contributed by atoms with E-state index in [0.29, 0.717) is 18.8 Å². The van der Waals surface area contributed by atoms with Gasteiger partial charge in [0.1, 0.15) is 0 Å². The summed E-state index contributed by atoms with van der Waals surface area (Å²) in [6.45, 7) is 6.27. The Kier molecular flexibility index (Phi) is 7.04. The number of carbonyl (C=O) groups is 1. The van der Waals surface area contributed by atoms with Gasteiger partial charge in [0.25, 0.3) is 0 Å². The van der Waals surface area contributed by atoms with Gasteiger partial charge in [0.2, 0.25) is 0 Å². The summed E-state index contributed by atoms with van der Waals surface area (Å²) in [7, 11) is 0. The molecule has 1 aliphatic rings. The van der Waals surface area contributed by atoms with Crippen LogP contribution in [0.2, 0.25) is 0 Å². The highest BCUT2D eigenvalue weighted by atomic mass is 32.2. The van der Waals surface area contributed by atoms with Gasteiger partial charge in [0, 0.05) is 17.9 Å². The first-order valence-electron chi connectivity index (χ1n) is 10.7. The number of nitrogens with zero attached hydrogens (tertiary/aromatic N) is 3. The van der Waals surface area contributed by atoms with Crippen LogP contribution in [0.15, 0.2) is 53.7 Å². The predicted octanol–water partition coefficient (Wildman–Crippen LogP) is 4.66. The van der Waals surface area contributed by atoms with E-state index < -0.39 is 0 Å². The van der Waals surface area contributed by atoms with Crippen molar-refractivity contribution in [3.05, 3.63) is 71.0 Å². The lowest BCUT2D eigenvalue weighted by Gasteiger charge is -2.16. The Labute approximate surface area is 187 Å². The molecule has 1 atom stereocenters. The molecule has 1 aliphatic heterocycles. The van der Waals surface area contributed by atoms with E-state index in [1.807, 2.05) is 30.3 Å². The fourth-order valence-corrected chi connectivity index (χ4v) is 4.62. The van der Waals surface area contributed by atoms with Crippen LogP contribution in [0.3, 0.4) is 0 Å². The third kappa shape index (κ3) is 5.54. The highest BCUT2D eigenvalue weighted by Gasteiger charge is 2.21. The zero-order chi connectivity index (χ0) is 21.6. The van der Waals surface area contributed by atoms with Gasteiger partial charge < -0.3 is 14.6 Å². The van der Waals surface area contributed by atoms with E-state index in [0.717, 1.165) is 41.7 Å². The molecule has 0 saturated carbocycles. The molecule has 1 N–H and O–H groups in total. The van der Waals surface area contributed by atoms with Crippen molar-refractivity contribution in [1.29, 1.82) is 0 Å². The average Bonchev–Trinajstić information content (AvgIpc) is 3.43. The molecule has 0 spiro atoms. The molecule has 6 nitrogen and oxygen atoms in total. The van der Waals surface area contributed by atoms with Crippen molar-refractivity contribution < 1.29 is 9.53 Å². The van der Waals surface area contributed by atoms with E-state index in [4.69, 9.17) is 4.74 Å². The largest absolute Gasteiger partial charge is 0.378 e. The second kappa shape index (κ2) is 10.1. The molecule has 7 heteroatoms. The first-order chi connectivity index (χ1) is 15.1. The van der Waals surface area contributed by atoms with Crippen LogP contribution < -0.4 is 5.32 Å². The molecule has 3 aromatic rings. The fraction of sp³-hybridized carbons (Fsp3) is 0.375. The fourth-order valence-electron chi connectivity index (χ4n) is 3.76. The average molecular weight is 437 g/mol. The van der Waals surface area contributed by atoms with E-state index in [-0.39, 0.29) is 11.9 Å². The Balaban J connectivity index is 1.48. The maximum absolute atomic E-state index is 12.5. The van der Waals surface area contributed by atoms with Crippen molar-refractivity contribution in [3.63, 3.8) is 0 Å². The van der Waals surface area contributed by atoms with Crippen LogP contribution in [0, 0.1) is 13.8 Å². The van der Waals surface area contributed by atoms with Crippen LogP contribution >= 0.6 is 11.8 Å². The third-order valence-electron chi connectivity index (χ3n) is 5.45. The second-order valence-electron chi connectivity index (χ2n) is 7.89. The SMILES string of the molecule is Cc1ccc(NCc2nnc(SCC(=O)c3ccccc3)n2CC2CCCO2)c(C)c1. The Bertz CT molecular complexity index is 1030. The van der Waals surface area contributed by atoms with E-state index in [9.17, 15) is 4.79 Å². The normalized spacial score (nSPS) is 15.9. The van der Waals surface area contributed by atoms with Gasteiger partial charge in [0.05, 0.1) is 24.9 Å². The lowest BCUT2D eigenvalue weighted by atomic mass is 10.1. The van der Waals surface area contributed by atoms with Crippen molar-refractivity contribution in [2.45, 2.75) is 51.0 Å². The summed E-state index contributed by atoms with van der Waals surface area (Å²) in [6.07, 6.45) is 2.28. The molecule has 1 unspecified atom stereocenters. The molecule has 0 radical (unpaired) electrons. The maximum Gasteiger partial charge on any atom is 0.191 e. The molecular formula is C24H28N4O2S. The van der Waals surface area contributed by atoms with Crippen molar-refractivity contribution in [1.82, 2.24) is 14.8 Å². The highest BCUT2D eigenvalue weighted by Crippen LogP contribution is 2.23. The predicted molar refractivity (Wildman–Crippen MR) is 124 cm³/mol. The van der Waals surface area contributed by atoms with Crippen LogP contribution in [0.4, 0.5) is 5.69 Å². The van der Waals surface area contributed by atoms with Crippen LogP contribution in [-0.4, -0.2) is 39.0 Å². The Morgan fingerprint density at radius 1 is 1.19 bits per heavy atom. The lowest BCUT2D eigenvalue weighted by molar-refractivity contribution is 0.0942. The molecule has 1 aromatic heterocycles. The minimum absolute atomic E-state index is 0.0900. The molecule has 0 amide bonds. The van der Waals surface area contributed by atoms with Gasteiger partial charge in [-0.1, -0.05) is 59.8 Å². The molecule has 2 heterocycles.